The van der Waals surface area contributed by atoms with E-state index in [1.54, 1.807) is 18.2 Å². The molecular weight excluding hydrogens is 520 g/mol. The van der Waals surface area contributed by atoms with Crippen molar-refractivity contribution in [3.63, 3.8) is 0 Å². The normalized spacial score (nSPS) is 10.9. The van der Waals surface area contributed by atoms with Gasteiger partial charge >= 0.3 is 0 Å². The molecule has 0 aliphatic heterocycles. The number of rotatable bonds is 14. The number of nitrogens with zero attached hydrogens (tertiary/aromatic N) is 2. The van der Waals surface area contributed by atoms with Crippen LogP contribution >= 0.6 is 0 Å². The fraction of sp³-hybridized carbons (Fsp3) is 0.250. The Morgan fingerprint density at radius 3 is 2.30 bits per heavy atom. The molecule has 3 rings (SSSR count). The fourth-order valence-corrected chi connectivity index (χ4v) is 3.70. The summed E-state index contributed by atoms with van der Waals surface area (Å²) in [4.78, 5) is 36.1. The van der Waals surface area contributed by atoms with Crippen molar-refractivity contribution in [3.8, 4) is 23.0 Å². The summed E-state index contributed by atoms with van der Waals surface area (Å²) in [6.45, 7) is 0. The van der Waals surface area contributed by atoms with Crippen LogP contribution in [0.4, 0.5) is 17.1 Å². The van der Waals surface area contributed by atoms with Crippen LogP contribution in [0.15, 0.2) is 65.8 Å². The lowest BCUT2D eigenvalue weighted by Gasteiger charge is -2.12. The summed E-state index contributed by atoms with van der Waals surface area (Å²) in [5.41, 5.74) is 4.50. The van der Waals surface area contributed by atoms with Gasteiger partial charge in [-0.3, -0.25) is 25.1 Å². The number of nitro groups is 1. The molecule has 3 aromatic carbocycles. The fourth-order valence-electron chi connectivity index (χ4n) is 3.70. The third-order valence-corrected chi connectivity index (χ3v) is 5.84. The van der Waals surface area contributed by atoms with E-state index in [1.807, 2.05) is 0 Å². The van der Waals surface area contributed by atoms with Gasteiger partial charge in [0.15, 0.2) is 17.3 Å². The Morgan fingerprint density at radius 2 is 1.65 bits per heavy atom. The molecule has 3 N–H and O–H groups in total. The van der Waals surface area contributed by atoms with Gasteiger partial charge in [0.2, 0.25) is 5.91 Å². The van der Waals surface area contributed by atoms with E-state index in [0.29, 0.717) is 47.0 Å². The SMILES string of the molecule is COc1ccc(OC)c(NC(=O)CCCC(CC(=O)c2ccc(O)c(OC)c2)=NNc2ccc([N+](=O)[O-])cc2)c1. The van der Waals surface area contributed by atoms with Gasteiger partial charge in [0.25, 0.3) is 5.69 Å². The number of ketones is 1. The van der Waals surface area contributed by atoms with E-state index in [4.69, 9.17) is 14.2 Å². The maximum Gasteiger partial charge on any atom is 0.269 e. The van der Waals surface area contributed by atoms with E-state index in [9.17, 15) is 24.8 Å². The van der Waals surface area contributed by atoms with E-state index < -0.39 is 4.92 Å². The smallest absolute Gasteiger partial charge is 0.269 e. The number of Topliss-reactive ketones (excluding diaryl/α,β-unsaturated/α-hetero) is 1. The van der Waals surface area contributed by atoms with Crippen molar-refractivity contribution >= 4 is 34.5 Å². The molecule has 0 fully saturated rings. The molecule has 1 amide bonds. The van der Waals surface area contributed by atoms with Crippen LogP contribution in [-0.2, 0) is 4.79 Å². The van der Waals surface area contributed by atoms with Crippen LogP contribution in [-0.4, -0.2) is 48.8 Å². The number of hydrogen-bond acceptors (Lipinski definition) is 10. The summed E-state index contributed by atoms with van der Waals surface area (Å²) in [5, 5.41) is 27.9. The molecule has 0 heterocycles. The summed E-state index contributed by atoms with van der Waals surface area (Å²) < 4.78 is 15.6. The number of nitro benzene ring substituents is 1. The molecule has 0 saturated heterocycles. The first-order valence-corrected chi connectivity index (χ1v) is 12.2. The molecule has 0 aliphatic carbocycles. The molecule has 0 bridgehead atoms. The number of carbonyl (C=O) groups is 2. The highest BCUT2D eigenvalue weighted by Gasteiger charge is 2.15. The number of amides is 1. The molecule has 0 saturated carbocycles. The van der Waals surface area contributed by atoms with Gasteiger partial charge in [-0.25, -0.2) is 0 Å². The number of phenolic OH excluding ortho intramolecular Hbond substituents is 1. The van der Waals surface area contributed by atoms with Crippen molar-refractivity contribution in [1.82, 2.24) is 0 Å². The Labute approximate surface area is 230 Å². The maximum absolute atomic E-state index is 13.0. The number of aromatic hydroxyl groups is 1. The lowest BCUT2D eigenvalue weighted by Crippen LogP contribution is -2.14. The summed E-state index contributed by atoms with van der Waals surface area (Å²) in [5.74, 6) is 0.590. The lowest BCUT2D eigenvalue weighted by atomic mass is 10.0. The maximum atomic E-state index is 13.0. The predicted octanol–water partition coefficient (Wildman–Crippen LogP) is 5.18. The monoisotopic (exact) mass is 550 g/mol. The topological polar surface area (TPSA) is 162 Å². The average Bonchev–Trinajstić information content (AvgIpc) is 2.96. The van der Waals surface area contributed by atoms with Gasteiger partial charge < -0.3 is 24.6 Å². The van der Waals surface area contributed by atoms with Crippen LogP contribution < -0.4 is 25.0 Å². The Balaban J connectivity index is 1.70. The minimum atomic E-state index is -0.505. The number of non-ortho nitro benzene ring substituents is 1. The molecule has 0 aliphatic rings. The second-order valence-corrected chi connectivity index (χ2v) is 8.55. The molecule has 3 aromatic rings. The molecule has 12 nitrogen and oxygen atoms in total. The van der Waals surface area contributed by atoms with Crippen LogP contribution in [0.25, 0.3) is 0 Å². The Hall–Kier alpha value is -5.13. The Kier molecular flexibility index (Phi) is 10.4. The van der Waals surface area contributed by atoms with Crippen molar-refractivity contribution < 1.29 is 33.8 Å². The van der Waals surface area contributed by atoms with Gasteiger partial charge in [-0.05, 0) is 55.3 Å². The van der Waals surface area contributed by atoms with Crippen molar-refractivity contribution in [2.45, 2.75) is 25.7 Å². The van der Waals surface area contributed by atoms with E-state index in [-0.39, 0.29) is 41.7 Å². The van der Waals surface area contributed by atoms with Gasteiger partial charge in [0, 0.05) is 35.9 Å². The van der Waals surface area contributed by atoms with Crippen LogP contribution in [0.5, 0.6) is 23.0 Å². The molecular formula is C28H30N4O8. The molecule has 0 spiro atoms. The van der Waals surface area contributed by atoms with Gasteiger partial charge in [-0.2, -0.15) is 5.10 Å². The van der Waals surface area contributed by atoms with Crippen LogP contribution in [0.2, 0.25) is 0 Å². The van der Waals surface area contributed by atoms with Crippen molar-refractivity contribution in [1.29, 1.82) is 0 Å². The number of phenols is 1. The third-order valence-electron chi connectivity index (χ3n) is 5.84. The lowest BCUT2D eigenvalue weighted by molar-refractivity contribution is -0.384. The molecule has 0 radical (unpaired) electrons. The largest absolute Gasteiger partial charge is 0.504 e. The van der Waals surface area contributed by atoms with Gasteiger partial charge in [-0.1, -0.05) is 0 Å². The first-order valence-electron chi connectivity index (χ1n) is 12.2. The number of ether oxygens (including phenoxy) is 3. The van der Waals surface area contributed by atoms with E-state index in [1.165, 1.54) is 63.8 Å². The van der Waals surface area contributed by atoms with Crippen LogP contribution in [0.1, 0.15) is 36.0 Å². The highest BCUT2D eigenvalue weighted by molar-refractivity contribution is 6.10. The van der Waals surface area contributed by atoms with E-state index in [2.05, 4.69) is 15.8 Å². The van der Waals surface area contributed by atoms with Crippen molar-refractivity contribution in [2.24, 2.45) is 5.10 Å². The summed E-state index contributed by atoms with van der Waals surface area (Å²) >= 11 is 0. The molecule has 210 valence electrons. The Morgan fingerprint density at radius 1 is 0.925 bits per heavy atom. The first kappa shape index (κ1) is 29.4. The second-order valence-electron chi connectivity index (χ2n) is 8.55. The van der Waals surface area contributed by atoms with E-state index >= 15 is 0 Å². The number of carbonyl (C=O) groups excluding carboxylic acids is 2. The molecule has 0 unspecified atom stereocenters. The highest BCUT2D eigenvalue weighted by Crippen LogP contribution is 2.29. The number of benzene rings is 3. The van der Waals surface area contributed by atoms with Crippen molar-refractivity contribution in [2.75, 3.05) is 32.1 Å². The molecule has 12 heteroatoms. The third kappa shape index (κ3) is 8.18. The number of anilines is 2. The number of hydrazone groups is 1. The summed E-state index contributed by atoms with van der Waals surface area (Å²) in [7, 11) is 4.41. The zero-order valence-electron chi connectivity index (χ0n) is 22.3. The number of nitrogens with one attached hydrogen (secondary N) is 2. The molecule has 0 atom stereocenters. The average molecular weight is 551 g/mol. The minimum Gasteiger partial charge on any atom is -0.504 e. The van der Waals surface area contributed by atoms with Crippen LogP contribution in [0, 0.1) is 10.1 Å². The van der Waals surface area contributed by atoms with Gasteiger partial charge in [0.05, 0.1) is 44.0 Å². The summed E-state index contributed by atoms with van der Waals surface area (Å²) in [6.07, 6.45) is 0.756. The quantitative estimate of drug-likeness (QED) is 0.106. The number of hydrogen-bond donors (Lipinski definition) is 3. The van der Waals surface area contributed by atoms with Crippen LogP contribution in [0.3, 0.4) is 0 Å². The zero-order valence-corrected chi connectivity index (χ0v) is 22.3. The van der Waals surface area contributed by atoms with Crippen molar-refractivity contribution in [3.05, 3.63) is 76.3 Å². The zero-order chi connectivity index (χ0) is 29.1. The highest BCUT2D eigenvalue weighted by atomic mass is 16.6. The van der Waals surface area contributed by atoms with Gasteiger partial charge in [-0.15, -0.1) is 0 Å². The second kappa shape index (κ2) is 14.1. The Bertz CT molecular complexity index is 1390. The van der Waals surface area contributed by atoms with Gasteiger partial charge in [0.1, 0.15) is 11.5 Å². The standard InChI is InChI=1S/C28H30N4O8/c1-38-22-12-14-26(39-2)23(17-22)29-28(35)6-4-5-20(31-30-19-8-10-21(11-9-19)32(36)37)16-25(34)18-7-13-24(33)27(15-18)40-3/h7-15,17,30,33H,4-6,16H2,1-3H3,(H,29,35). The minimum absolute atomic E-state index is 0.0649. The molecule has 0 aromatic heterocycles. The first-order chi connectivity index (χ1) is 19.2. The predicted molar refractivity (Wildman–Crippen MR) is 150 cm³/mol. The number of methoxy groups -OCH3 is 3. The van der Waals surface area contributed by atoms with E-state index in [0.717, 1.165) is 0 Å². The molecule has 40 heavy (non-hydrogen) atoms. The summed E-state index contributed by atoms with van der Waals surface area (Å²) in [6, 6.07) is 15.0.